The second-order valence-corrected chi connectivity index (χ2v) is 6.24. The van der Waals surface area contributed by atoms with Gasteiger partial charge >= 0.3 is 0 Å². The molecule has 84 valence electrons. The van der Waals surface area contributed by atoms with Crippen molar-refractivity contribution in [3.05, 3.63) is 0 Å². The van der Waals surface area contributed by atoms with Gasteiger partial charge in [0, 0.05) is 24.9 Å². The molecule has 0 aromatic rings. The number of hydrogen-bond donors (Lipinski definition) is 1. The Morgan fingerprint density at radius 3 is 2.71 bits per heavy atom. The summed E-state index contributed by atoms with van der Waals surface area (Å²) >= 11 is 0. The smallest absolute Gasteiger partial charge is 0.0968 e. The van der Waals surface area contributed by atoms with Crippen LogP contribution in [0.15, 0.2) is 0 Å². The zero-order valence-electron chi connectivity index (χ0n) is 9.11. The van der Waals surface area contributed by atoms with E-state index in [4.69, 9.17) is 5.11 Å². The van der Waals surface area contributed by atoms with E-state index in [1.165, 1.54) is 0 Å². The van der Waals surface area contributed by atoms with Crippen molar-refractivity contribution in [2.75, 3.05) is 19.7 Å². The van der Waals surface area contributed by atoms with Crippen LogP contribution in [0.3, 0.4) is 0 Å². The fourth-order valence-corrected chi connectivity index (χ4v) is 2.99. The Morgan fingerprint density at radius 1 is 1.43 bits per heavy atom. The first-order valence-electron chi connectivity index (χ1n) is 5.41. The quantitative estimate of drug-likeness (QED) is 0.773. The molecule has 0 aliphatic carbocycles. The summed E-state index contributed by atoms with van der Waals surface area (Å²) in [6.45, 7) is 6.05. The highest BCUT2D eigenvalue weighted by Gasteiger charge is 2.21. The zero-order chi connectivity index (χ0) is 10.6. The molecule has 0 aromatic carbocycles. The normalized spacial score (nSPS) is 27.6. The molecule has 4 heteroatoms. The molecule has 0 amide bonds. The Morgan fingerprint density at radius 2 is 2.14 bits per heavy atom. The van der Waals surface area contributed by atoms with Crippen LogP contribution >= 0.6 is 0 Å². The minimum absolute atomic E-state index is 0.209. The van der Waals surface area contributed by atoms with Crippen LogP contribution in [0.4, 0.5) is 0 Å². The molecule has 1 rings (SSSR count). The lowest BCUT2D eigenvalue weighted by atomic mass is 10.0. The molecular weight excluding hydrogens is 198 g/mol. The standard InChI is InChI=1S/C10H21NO2S/c1-9(2)14(13)11-6-3-4-10(8-12)5-7-11/h9-10,12H,3-8H2,1-2H3. The van der Waals surface area contributed by atoms with E-state index in [1.807, 2.05) is 13.8 Å². The molecule has 0 spiro atoms. The fourth-order valence-electron chi connectivity index (χ4n) is 1.80. The Bertz CT molecular complexity index is 197. The van der Waals surface area contributed by atoms with Crippen LogP contribution in [0, 0.1) is 5.92 Å². The van der Waals surface area contributed by atoms with Gasteiger partial charge in [0.15, 0.2) is 0 Å². The largest absolute Gasteiger partial charge is 0.396 e. The Labute approximate surface area is 89.1 Å². The van der Waals surface area contributed by atoms with Gasteiger partial charge in [0.1, 0.15) is 0 Å². The lowest BCUT2D eigenvalue weighted by Crippen LogP contribution is -2.31. The molecule has 0 aromatic heterocycles. The van der Waals surface area contributed by atoms with Gasteiger partial charge in [-0.25, -0.2) is 8.51 Å². The summed E-state index contributed by atoms with van der Waals surface area (Å²) in [7, 11) is -0.835. The highest BCUT2D eigenvalue weighted by Crippen LogP contribution is 2.18. The molecule has 2 unspecified atom stereocenters. The molecule has 1 fully saturated rings. The van der Waals surface area contributed by atoms with Crippen molar-refractivity contribution in [2.45, 2.75) is 38.4 Å². The SMILES string of the molecule is CC(C)S(=O)N1CCCC(CO)CC1. The molecule has 0 saturated carbocycles. The average molecular weight is 219 g/mol. The van der Waals surface area contributed by atoms with Crippen LogP contribution < -0.4 is 0 Å². The number of rotatable bonds is 3. The highest BCUT2D eigenvalue weighted by atomic mass is 32.2. The van der Waals surface area contributed by atoms with Crippen molar-refractivity contribution in [1.82, 2.24) is 4.31 Å². The van der Waals surface area contributed by atoms with Crippen molar-refractivity contribution in [3.8, 4) is 0 Å². The summed E-state index contributed by atoms with van der Waals surface area (Å²) < 4.78 is 13.9. The molecule has 0 bridgehead atoms. The van der Waals surface area contributed by atoms with Gasteiger partial charge in [-0.2, -0.15) is 0 Å². The maximum absolute atomic E-state index is 11.8. The van der Waals surface area contributed by atoms with E-state index < -0.39 is 11.0 Å². The van der Waals surface area contributed by atoms with Gasteiger partial charge in [0.25, 0.3) is 0 Å². The lowest BCUT2D eigenvalue weighted by molar-refractivity contribution is 0.214. The van der Waals surface area contributed by atoms with Crippen molar-refractivity contribution in [3.63, 3.8) is 0 Å². The second kappa shape index (κ2) is 5.83. The summed E-state index contributed by atoms with van der Waals surface area (Å²) in [6, 6.07) is 0. The van der Waals surface area contributed by atoms with Gasteiger partial charge in [-0.1, -0.05) is 0 Å². The molecule has 3 nitrogen and oxygen atoms in total. The summed E-state index contributed by atoms with van der Waals surface area (Å²) in [5.41, 5.74) is 0. The first-order chi connectivity index (χ1) is 6.65. The molecule has 2 atom stereocenters. The van der Waals surface area contributed by atoms with Crippen molar-refractivity contribution >= 4 is 11.0 Å². The van der Waals surface area contributed by atoms with Gasteiger partial charge in [-0.15, -0.1) is 0 Å². The lowest BCUT2D eigenvalue weighted by Gasteiger charge is -2.20. The molecule has 1 heterocycles. The van der Waals surface area contributed by atoms with E-state index in [-0.39, 0.29) is 11.9 Å². The van der Waals surface area contributed by atoms with Crippen LogP contribution in [0.25, 0.3) is 0 Å². The van der Waals surface area contributed by atoms with Gasteiger partial charge < -0.3 is 5.11 Å². The van der Waals surface area contributed by atoms with Crippen LogP contribution in [-0.4, -0.2) is 38.6 Å². The van der Waals surface area contributed by atoms with E-state index in [0.29, 0.717) is 5.92 Å². The van der Waals surface area contributed by atoms with E-state index in [2.05, 4.69) is 4.31 Å². The fraction of sp³-hybridized carbons (Fsp3) is 1.00. The molecular formula is C10H21NO2S. The molecule has 1 saturated heterocycles. The first-order valence-corrected chi connectivity index (χ1v) is 6.58. The predicted octanol–water partition coefficient (Wildman–Crippen LogP) is 1.15. The maximum atomic E-state index is 11.8. The maximum Gasteiger partial charge on any atom is 0.0968 e. The summed E-state index contributed by atoms with van der Waals surface area (Å²) in [5.74, 6) is 0.421. The molecule has 1 aliphatic rings. The third-order valence-electron chi connectivity index (χ3n) is 2.72. The molecule has 1 N–H and O–H groups in total. The average Bonchev–Trinajstić information content (AvgIpc) is 2.41. The van der Waals surface area contributed by atoms with Crippen LogP contribution in [0.5, 0.6) is 0 Å². The minimum atomic E-state index is -0.835. The van der Waals surface area contributed by atoms with E-state index >= 15 is 0 Å². The first kappa shape index (κ1) is 12.1. The van der Waals surface area contributed by atoms with Gasteiger partial charge in [0.2, 0.25) is 0 Å². The molecule has 1 aliphatic heterocycles. The van der Waals surface area contributed by atoms with Crippen molar-refractivity contribution < 1.29 is 9.32 Å². The molecule has 14 heavy (non-hydrogen) atoms. The molecule has 0 radical (unpaired) electrons. The van der Waals surface area contributed by atoms with Crippen LogP contribution in [-0.2, 0) is 11.0 Å². The zero-order valence-corrected chi connectivity index (χ0v) is 9.92. The van der Waals surface area contributed by atoms with E-state index in [1.54, 1.807) is 0 Å². The predicted molar refractivity (Wildman–Crippen MR) is 59.3 cm³/mol. The Hall–Kier alpha value is 0.0700. The van der Waals surface area contributed by atoms with Crippen molar-refractivity contribution in [2.24, 2.45) is 5.92 Å². The summed E-state index contributed by atoms with van der Waals surface area (Å²) in [6.07, 6.45) is 3.11. The van der Waals surface area contributed by atoms with Gasteiger partial charge in [-0.05, 0) is 39.0 Å². The van der Waals surface area contributed by atoms with E-state index in [9.17, 15) is 4.21 Å². The number of aliphatic hydroxyl groups excluding tert-OH is 1. The third-order valence-corrected chi connectivity index (χ3v) is 4.40. The monoisotopic (exact) mass is 219 g/mol. The summed E-state index contributed by atoms with van der Waals surface area (Å²) in [4.78, 5) is 0. The minimum Gasteiger partial charge on any atom is -0.396 e. The van der Waals surface area contributed by atoms with Crippen LogP contribution in [0.2, 0.25) is 0 Å². The Kier molecular flexibility index (Phi) is 5.06. The number of aliphatic hydroxyl groups is 1. The topological polar surface area (TPSA) is 40.5 Å². The highest BCUT2D eigenvalue weighted by molar-refractivity contribution is 7.83. The third kappa shape index (κ3) is 3.33. The summed E-state index contributed by atoms with van der Waals surface area (Å²) in [5, 5.41) is 9.26. The van der Waals surface area contributed by atoms with Crippen molar-refractivity contribution in [1.29, 1.82) is 0 Å². The van der Waals surface area contributed by atoms with E-state index in [0.717, 1.165) is 32.4 Å². The Balaban J connectivity index is 2.45. The van der Waals surface area contributed by atoms with Gasteiger partial charge in [0.05, 0.1) is 11.0 Å². The van der Waals surface area contributed by atoms with Crippen LogP contribution in [0.1, 0.15) is 33.1 Å². The van der Waals surface area contributed by atoms with Gasteiger partial charge in [-0.3, -0.25) is 0 Å². The second-order valence-electron chi connectivity index (χ2n) is 4.23. The number of nitrogens with zero attached hydrogens (tertiary/aromatic N) is 1. The number of hydrogen-bond acceptors (Lipinski definition) is 2.